The Hall–Kier alpha value is -1.58. The summed E-state index contributed by atoms with van der Waals surface area (Å²) in [5, 5.41) is 7.56. The van der Waals surface area contributed by atoms with Crippen LogP contribution < -0.4 is 5.32 Å². The highest BCUT2D eigenvalue weighted by atomic mass is 15.3. The average Bonchev–Trinajstić information content (AvgIpc) is 2.54. The number of hydrogen-bond donors (Lipinski definition) is 1. The quantitative estimate of drug-likeness (QED) is 0.859. The average molecular weight is 218 g/mol. The molecule has 2 rings (SSSR count). The molecule has 0 fully saturated rings. The first-order valence-corrected chi connectivity index (χ1v) is 5.65. The van der Waals surface area contributed by atoms with Crippen molar-refractivity contribution in [1.82, 2.24) is 14.6 Å². The first kappa shape index (κ1) is 10.9. The molecule has 4 nitrogen and oxygen atoms in total. The van der Waals surface area contributed by atoms with Gasteiger partial charge in [-0.15, -0.1) is 5.10 Å². The molecule has 86 valence electrons. The summed E-state index contributed by atoms with van der Waals surface area (Å²) in [4.78, 5) is 4.58. The molecule has 0 amide bonds. The summed E-state index contributed by atoms with van der Waals surface area (Å²) in [5.41, 5.74) is 2.14. The minimum absolute atomic E-state index is 0.588. The van der Waals surface area contributed by atoms with E-state index in [0.717, 1.165) is 29.3 Å². The molecular weight excluding hydrogens is 200 g/mol. The Bertz CT molecular complexity index is 499. The number of aryl methyl sites for hydroxylation is 1. The highest BCUT2D eigenvalue weighted by Gasteiger charge is 2.10. The number of aromatic nitrogens is 3. The Morgan fingerprint density at radius 1 is 1.38 bits per heavy atom. The molecule has 0 atom stereocenters. The van der Waals surface area contributed by atoms with E-state index in [-0.39, 0.29) is 0 Å². The lowest BCUT2D eigenvalue weighted by Gasteiger charge is -2.04. The van der Waals surface area contributed by atoms with Crippen molar-refractivity contribution in [2.75, 3.05) is 12.4 Å². The van der Waals surface area contributed by atoms with E-state index in [2.05, 4.69) is 35.3 Å². The van der Waals surface area contributed by atoms with Gasteiger partial charge in [-0.1, -0.05) is 13.8 Å². The largest absolute Gasteiger partial charge is 0.372 e. The van der Waals surface area contributed by atoms with Crippen LogP contribution in [0.15, 0.2) is 12.1 Å². The molecule has 0 aliphatic heterocycles. The molecule has 0 bridgehead atoms. The van der Waals surface area contributed by atoms with Gasteiger partial charge < -0.3 is 5.32 Å². The maximum atomic E-state index is 4.58. The molecule has 1 N–H and O–H groups in total. The van der Waals surface area contributed by atoms with E-state index < -0.39 is 0 Å². The Balaban J connectivity index is 2.56. The summed E-state index contributed by atoms with van der Waals surface area (Å²) >= 11 is 0. The highest BCUT2D eigenvalue weighted by Crippen LogP contribution is 2.15. The summed E-state index contributed by atoms with van der Waals surface area (Å²) in [5.74, 6) is 2.50. The smallest absolute Gasteiger partial charge is 0.146 e. The standard InChI is InChI=1S/C12H18N4/c1-8(2)7-12-14-9(3)10-5-6-11(13-4)15-16(10)12/h5-6,8H,7H2,1-4H3,(H,13,15). The predicted octanol–water partition coefficient (Wildman–Crippen LogP) is 2.28. The van der Waals surface area contributed by atoms with E-state index in [1.54, 1.807) is 0 Å². The lowest BCUT2D eigenvalue weighted by Crippen LogP contribution is -2.05. The molecule has 16 heavy (non-hydrogen) atoms. The number of hydrogen-bond acceptors (Lipinski definition) is 3. The van der Waals surface area contributed by atoms with Crippen LogP contribution in [0, 0.1) is 12.8 Å². The van der Waals surface area contributed by atoms with E-state index in [4.69, 9.17) is 0 Å². The van der Waals surface area contributed by atoms with E-state index in [0.29, 0.717) is 5.92 Å². The third kappa shape index (κ3) is 1.87. The van der Waals surface area contributed by atoms with Gasteiger partial charge in [0, 0.05) is 13.5 Å². The number of imidazole rings is 1. The second kappa shape index (κ2) is 4.12. The first-order valence-electron chi connectivity index (χ1n) is 5.65. The van der Waals surface area contributed by atoms with Gasteiger partial charge in [-0.25, -0.2) is 9.50 Å². The fourth-order valence-corrected chi connectivity index (χ4v) is 1.82. The lowest BCUT2D eigenvalue weighted by molar-refractivity contribution is 0.608. The molecule has 0 unspecified atom stereocenters. The Labute approximate surface area is 95.7 Å². The van der Waals surface area contributed by atoms with E-state index in [1.807, 2.05) is 24.6 Å². The van der Waals surface area contributed by atoms with Crippen molar-refractivity contribution in [2.24, 2.45) is 5.92 Å². The molecule has 2 heterocycles. The van der Waals surface area contributed by atoms with Crippen LogP contribution in [0.25, 0.3) is 5.52 Å². The Morgan fingerprint density at radius 3 is 2.75 bits per heavy atom. The normalized spacial score (nSPS) is 11.3. The zero-order valence-electron chi connectivity index (χ0n) is 10.3. The van der Waals surface area contributed by atoms with Crippen molar-refractivity contribution >= 4 is 11.3 Å². The van der Waals surface area contributed by atoms with Gasteiger partial charge in [-0.2, -0.15) is 0 Å². The molecule has 0 radical (unpaired) electrons. The van der Waals surface area contributed by atoms with Crippen molar-refractivity contribution in [2.45, 2.75) is 27.2 Å². The summed E-state index contributed by atoms with van der Waals surface area (Å²) in [6.45, 7) is 6.41. The van der Waals surface area contributed by atoms with Gasteiger partial charge >= 0.3 is 0 Å². The summed E-state index contributed by atoms with van der Waals surface area (Å²) in [6.07, 6.45) is 0.954. The van der Waals surface area contributed by atoms with Crippen LogP contribution in [0.2, 0.25) is 0 Å². The summed E-state index contributed by atoms with van der Waals surface area (Å²) in [6, 6.07) is 4.04. The second-order valence-corrected chi connectivity index (χ2v) is 4.48. The van der Waals surface area contributed by atoms with Gasteiger partial charge in [0.2, 0.25) is 0 Å². The number of rotatable bonds is 3. The number of nitrogens with zero attached hydrogens (tertiary/aromatic N) is 3. The van der Waals surface area contributed by atoms with Crippen LogP contribution in [-0.2, 0) is 6.42 Å². The topological polar surface area (TPSA) is 42.2 Å². The van der Waals surface area contributed by atoms with Crippen LogP contribution in [-0.4, -0.2) is 21.6 Å². The zero-order valence-corrected chi connectivity index (χ0v) is 10.3. The Morgan fingerprint density at radius 2 is 2.12 bits per heavy atom. The van der Waals surface area contributed by atoms with Crippen molar-refractivity contribution in [3.8, 4) is 0 Å². The predicted molar refractivity (Wildman–Crippen MR) is 65.8 cm³/mol. The molecule has 0 spiro atoms. The van der Waals surface area contributed by atoms with E-state index in [9.17, 15) is 0 Å². The monoisotopic (exact) mass is 218 g/mol. The van der Waals surface area contributed by atoms with E-state index in [1.165, 1.54) is 0 Å². The molecule has 0 saturated heterocycles. The highest BCUT2D eigenvalue weighted by molar-refractivity contribution is 5.54. The van der Waals surface area contributed by atoms with Crippen LogP contribution in [0.5, 0.6) is 0 Å². The molecule has 0 aliphatic rings. The molecule has 0 saturated carbocycles. The zero-order chi connectivity index (χ0) is 11.7. The minimum Gasteiger partial charge on any atom is -0.372 e. The minimum atomic E-state index is 0.588. The van der Waals surface area contributed by atoms with Crippen LogP contribution in [0.1, 0.15) is 25.4 Å². The van der Waals surface area contributed by atoms with Gasteiger partial charge in [-0.3, -0.25) is 0 Å². The van der Waals surface area contributed by atoms with Crippen LogP contribution in [0.4, 0.5) is 5.82 Å². The van der Waals surface area contributed by atoms with Gasteiger partial charge in [0.25, 0.3) is 0 Å². The van der Waals surface area contributed by atoms with Crippen molar-refractivity contribution < 1.29 is 0 Å². The van der Waals surface area contributed by atoms with Gasteiger partial charge in [0.05, 0.1) is 11.2 Å². The summed E-state index contributed by atoms with van der Waals surface area (Å²) < 4.78 is 1.95. The Kier molecular flexibility index (Phi) is 2.81. The maximum Gasteiger partial charge on any atom is 0.146 e. The third-order valence-electron chi connectivity index (χ3n) is 2.59. The number of fused-ring (bicyclic) bond motifs is 1. The fourth-order valence-electron chi connectivity index (χ4n) is 1.82. The van der Waals surface area contributed by atoms with Crippen molar-refractivity contribution in [3.05, 3.63) is 23.7 Å². The van der Waals surface area contributed by atoms with Crippen LogP contribution >= 0.6 is 0 Å². The van der Waals surface area contributed by atoms with E-state index >= 15 is 0 Å². The SMILES string of the molecule is CNc1ccc2c(C)nc(CC(C)C)n2n1. The molecule has 2 aromatic heterocycles. The molecular formula is C12H18N4. The maximum absolute atomic E-state index is 4.58. The van der Waals surface area contributed by atoms with Gasteiger partial charge in [0.1, 0.15) is 11.6 Å². The lowest BCUT2D eigenvalue weighted by atomic mass is 10.1. The van der Waals surface area contributed by atoms with Crippen molar-refractivity contribution in [3.63, 3.8) is 0 Å². The second-order valence-electron chi connectivity index (χ2n) is 4.48. The molecule has 2 aromatic rings. The third-order valence-corrected chi connectivity index (χ3v) is 2.59. The summed E-state index contributed by atoms with van der Waals surface area (Å²) in [7, 11) is 1.88. The first-order chi connectivity index (χ1) is 7.61. The fraction of sp³-hybridized carbons (Fsp3) is 0.500. The number of nitrogens with one attached hydrogen (secondary N) is 1. The number of anilines is 1. The van der Waals surface area contributed by atoms with Gasteiger partial charge in [-0.05, 0) is 25.0 Å². The van der Waals surface area contributed by atoms with Crippen LogP contribution in [0.3, 0.4) is 0 Å². The molecule has 0 aliphatic carbocycles. The molecule has 4 heteroatoms. The van der Waals surface area contributed by atoms with Gasteiger partial charge in [0.15, 0.2) is 0 Å². The van der Waals surface area contributed by atoms with Crippen molar-refractivity contribution in [1.29, 1.82) is 0 Å². The molecule has 0 aromatic carbocycles.